The zero-order valence-corrected chi connectivity index (χ0v) is 18.3. The maximum atomic E-state index is 4.49. The maximum absolute atomic E-state index is 4.49. The fraction of sp³-hybridized carbons (Fsp3) is 0. The Hall–Kier alpha value is -4.43. The highest BCUT2D eigenvalue weighted by molar-refractivity contribution is 5.79. The number of hydrogen-bond donors (Lipinski definition) is 0. The van der Waals surface area contributed by atoms with Gasteiger partial charge in [0.1, 0.15) is 0 Å². The number of benzene rings is 4. The van der Waals surface area contributed by atoms with E-state index in [0.29, 0.717) is 0 Å². The monoisotopic (exact) mass is 424 g/mol. The molecule has 0 amide bonds. The summed E-state index contributed by atoms with van der Waals surface area (Å²) in [6.07, 6.45) is 3.70. The summed E-state index contributed by atoms with van der Waals surface area (Å²) in [5, 5.41) is 0. The number of anilines is 3. The van der Waals surface area contributed by atoms with E-state index >= 15 is 0 Å². The molecule has 0 spiro atoms. The predicted molar refractivity (Wildman–Crippen MR) is 140 cm³/mol. The zero-order chi connectivity index (χ0) is 22.5. The quantitative estimate of drug-likeness (QED) is 0.271. The van der Waals surface area contributed by atoms with Gasteiger partial charge >= 0.3 is 0 Å². The highest BCUT2D eigenvalue weighted by Crippen LogP contribution is 2.36. The molecule has 0 aliphatic rings. The minimum Gasteiger partial charge on any atom is -0.311 e. The molecule has 1 heterocycles. The molecule has 5 aromatic rings. The van der Waals surface area contributed by atoms with Gasteiger partial charge in [0, 0.05) is 28.8 Å². The Balaban J connectivity index is 1.50. The second kappa shape index (κ2) is 9.37. The number of rotatable bonds is 6. The lowest BCUT2D eigenvalue weighted by Gasteiger charge is -2.25. The molecule has 0 aliphatic carbocycles. The van der Waals surface area contributed by atoms with Gasteiger partial charge in [-0.25, -0.2) is 0 Å². The van der Waals surface area contributed by atoms with E-state index in [4.69, 9.17) is 0 Å². The van der Waals surface area contributed by atoms with Gasteiger partial charge < -0.3 is 4.90 Å². The van der Waals surface area contributed by atoms with Crippen molar-refractivity contribution in [3.8, 4) is 22.4 Å². The number of para-hydroxylation sites is 1. The van der Waals surface area contributed by atoms with Crippen LogP contribution in [0.15, 0.2) is 134 Å². The topological polar surface area (TPSA) is 16.1 Å². The SMILES string of the molecule is C=Cc1ccc(N(c2ccccc2)c2ccc(-c3cccc(-c4ccccn4)c3)cc2)cc1. The van der Waals surface area contributed by atoms with E-state index in [0.717, 1.165) is 33.9 Å². The first kappa shape index (κ1) is 20.5. The van der Waals surface area contributed by atoms with Gasteiger partial charge in [-0.15, -0.1) is 0 Å². The van der Waals surface area contributed by atoms with Crippen molar-refractivity contribution in [1.82, 2.24) is 4.98 Å². The van der Waals surface area contributed by atoms with Gasteiger partial charge in [0.25, 0.3) is 0 Å². The van der Waals surface area contributed by atoms with Gasteiger partial charge in [0.15, 0.2) is 0 Å². The zero-order valence-electron chi connectivity index (χ0n) is 18.3. The molecule has 0 atom stereocenters. The lowest BCUT2D eigenvalue weighted by Crippen LogP contribution is -2.09. The average Bonchev–Trinajstić information content (AvgIpc) is 2.91. The summed E-state index contributed by atoms with van der Waals surface area (Å²) in [6, 6.07) is 42.1. The van der Waals surface area contributed by atoms with E-state index in [9.17, 15) is 0 Å². The summed E-state index contributed by atoms with van der Waals surface area (Å²) >= 11 is 0. The van der Waals surface area contributed by atoms with Crippen LogP contribution >= 0.6 is 0 Å². The molecule has 0 aliphatic heterocycles. The molecule has 158 valence electrons. The minimum atomic E-state index is 0.981. The predicted octanol–water partition coefficient (Wildman–Crippen LogP) is 8.53. The Morgan fingerprint density at radius 1 is 0.545 bits per heavy atom. The summed E-state index contributed by atoms with van der Waals surface area (Å²) in [5.41, 5.74) is 8.88. The molecule has 33 heavy (non-hydrogen) atoms. The molecule has 2 heteroatoms. The van der Waals surface area contributed by atoms with Gasteiger partial charge in [-0.1, -0.05) is 79.4 Å². The van der Waals surface area contributed by atoms with Crippen molar-refractivity contribution in [2.24, 2.45) is 0 Å². The Kier molecular flexibility index (Phi) is 5.81. The van der Waals surface area contributed by atoms with Crippen molar-refractivity contribution < 1.29 is 0 Å². The van der Waals surface area contributed by atoms with Crippen LogP contribution in [0.5, 0.6) is 0 Å². The standard InChI is InChI=1S/C31H24N2/c1-2-24-14-18-29(19-15-24)33(28-11-4-3-5-12-28)30-20-16-25(17-21-30)26-9-8-10-27(23-26)31-13-6-7-22-32-31/h2-23H,1H2. The van der Waals surface area contributed by atoms with E-state index in [-0.39, 0.29) is 0 Å². The Bertz CT molecular complexity index is 1340. The first-order valence-electron chi connectivity index (χ1n) is 11.0. The van der Waals surface area contributed by atoms with Crippen molar-refractivity contribution >= 4 is 23.1 Å². The molecule has 2 nitrogen and oxygen atoms in total. The van der Waals surface area contributed by atoms with E-state index in [1.807, 2.05) is 36.5 Å². The van der Waals surface area contributed by atoms with Crippen molar-refractivity contribution in [2.45, 2.75) is 0 Å². The molecule has 1 aromatic heterocycles. The van der Waals surface area contributed by atoms with Crippen molar-refractivity contribution in [2.75, 3.05) is 4.90 Å². The normalized spacial score (nSPS) is 10.5. The Morgan fingerprint density at radius 3 is 1.85 bits per heavy atom. The van der Waals surface area contributed by atoms with Crippen LogP contribution in [0.3, 0.4) is 0 Å². The molecule has 0 unspecified atom stereocenters. The molecule has 0 saturated carbocycles. The van der Waals surface area contributed by atoms with Crippen LogP contribution in [0.1, 0.15) is 5.56 Å². The van der Waals surface area contributed by atoms with E-state index in [1.54, 1.807) is 0 Å². The molecule has 0 bridgehead atoms. The largest absolute Gasteiger partial charge is 0.311 e. The van der Waals surface area contributed by atoms with Gasteiger partial charge in [0.2, 0.25) is 0 Å². The van der Waals surface area contributed by atoms with Crippen LogP contribution in [-0.2, 0) is 0 Å². The second-order valence-corrected chi connectivity index (χ2v) is 7.81. The molecule has 4 aromatic carbocycles. The van der Waals surface area contributed by atoms with Gasteiger partial charge in [0.05, 0.1) is 5.69 Å². The fourth-order valence-electron chi connectivity index (χ4n) is 3.98. The number of pyridine rings is 1. The molecule has 0 fully saturated rings. The van der Waals surface area contributed by atoms with E-state index in [1.165, 1.54) is 11.1 Å². The molecule has 5 rings (SSSR count). The highest BCUT2D eigenvalue weighted by atomic mass is 15.1. The van der Waals surface area contributed by atoms with Crippen molar-refractivity contribution in [1.29, 1.82) is 0 Å². The minimum absolute atomic E-state index is 0.981. The third kappa shape index (κ3) is 4.46. The van der Waals surface area contributed by atoms with Crippen molar-refractivity contribution in [3.63, 3.8) is 0 Å². The van der Waals surface area contributed by atoms with Gasteiger partial charge in [-0.3, -0.25) is 4.98 Å². The lowest BCUT2D eigenvalue weighted by atomic mass is 10.0. The third-order valence-corrected chi connectivity index (χ3v) is 5.68. The van der Waals surface area contributed by atoms with Crippen molar-refractivity contribution in [3.05, 3.63) is 140 Å². The summed E-state index contributed by atoms with van der Waals surface area (Å²) in [4.78, 5) is 6.75. The van der Waals surface area contributed by atoms with Crippen LogP contribution in [-0.4, -0.2) is 4.98 Å². The molecule has 0 N–H and O–H groups in total. The fourth-order valence-corrected chi connectivity index (χ4v) is 3.98. The van der Waals surface area contributed by atoms with E-state index < -0.39 is 0 Å². The summed E-state index contributed by atoms with van der Waals surface area (Å²) in [7, 11) is 0. The van der Waals surface area contributed by atoms with Crippen LogP contribution in [0.2, 0.25) is 0 Å². The van der Waals surface area contributed by atoms with E-state index in [2.05, 4.69) is 114 Å². The molecule has 0 saturated heterocycles. The summed E-state index contributed by atoms with van der Waals surface area (Å²) < 4.78 is 0. The smallest absolute Gasteiger partial charge is 0.0702 e. The maximum Gasteiger partial charge on any atom is 0.0702 e. The Labute approximate surface area is 195 Å². The number of aromatic nitrogens is 1. The van der Waals surface area contributed by atoms with Gasteiger partial charge in [-0.05, 0) is 71.3 Å². The van der Waals surface area contributed by atoms with Crippen LogP contribution in [0.4, 0.5) is 17.1 Å². The third-order valence-electron chi connectivity index (χ3n) is 5.68. The lowest BCUT2D eigenvalue weighted by molar-refractivity contribution is 1.28. The first-order valence-corrected chi connectivity index (χ1v) is 11.0. The number of nitrogens with zero attached hydrogens (tertiary/aromatic N) is 2. The van der Waals surface area contributed by atoms with Gasteiger partial charge in [-0.2, -0.15) is 0 Å². The highest BCUT2D eigenvalue weighted by Gasteiger charge is 2.12. The Morgan fingerprint density at radius 2 is 1.18 bits per heavy atom. The van der Waals surface area contributed by atoms with Crippen LogP contribution in [0, 0.1) is 0 Å². The summed E-state index contributed by atoms with van der Waals surface area (Å²) in [6.45, 7) is 3.87. The second-order valence-electron chi connectivity index (χ2n) is 7.81. The summed E-state index contributed by atoms with van der Waals surface area (Å²) in [5.74, 6) is 0. The average molecular weight is 425 g/mol. The molecule has 0 radical (unpaired) electrons. The number of hydrogen-bond acceptors (Lipinski definition) is 2. The molecular formula is C31H24N2. The van der Waals surface area contributed by atoms with Crippen LogP contribution < -0.4 is 4.90 Å². The van der Waals surface area contributed by atoms with Crippen LogP contribution in [0.25, 0.3) is 28.5 Å². The molecular weight excluding hydrogens is 400 g/mol. The first-order chi connectivity index (χ1) is 16.3.